The van der Waals surface area contributed by atoms with E-state index in [2.05, 4.69) is 15.3 Å². The first-order valence-corrected chi connectivity index (χ1v) is 6.38. The van der Waals surface area contributed by atoms with Gasteiger partial charge in [-0.2, -0.15) is 4.98 Å². The van der Waals surface area contributed by atoms with Crippen LogP contribution in [0.1, 0.15) is 19.4 Å². The van der Waals surface area contributed by atoms with Crippen LogP contribution in [0.25, 0.3) is 0 Å². The lowest BCUT2D eigenvalue weighted by atomic mass is 10.2. The van der Waals surface area contributed by atoms with Gasteiger partial charge in [0.2, 0.25) is 5.88 Å². The predicted molar refractivity (Wildman–Crippen MR) is 76.6 cm³/mol. The van der Waals surface area contributed by atoms with Crippen molar-refractivity contribution in [2.24, 2.45) is 0 Å². The average Bonchev–Trinajstić information content (AvgIpc) is 2.40. The lowest BCUT2D eigenvalue weighted by Gasteiger charge is -2.14. The van der Waals surface area contributed by atoms with Gasteiger partial charge in [0.05, 0.1) is 11.8 Å². The first-order chi connectivity index (χ1) is 9.88. The molecule has 0 saturated carbocycles. The number of ether oxygens (including phenoxy) is 1. The normalized spacial score (nSPS) is 10.8. The van der Waals surface area contributed by atoms with E-state index >= 15 is 0 Å². The van der Waals surface area contributed by atoms with Gasteiger partial charge >= 0.3 is 0 Å². The van der Waals surface area contributed by atoms with E-state index in [0.29, 0.717) is 0 Å². The van der Waals surface area contributed by atoms with Gasteiger partial charge in [0.15, 0.2) is 5.82 Å². The molecule has 0 aliphatic carbocycles. The molecular weight excluding hydrogens is 278 g/mol. The van der Waals surface area contributed by atoms with Crippen LogP contribution in [0.2, 0.25) is 0 Å². The summed E-state index contributed by atoms with van der Waals surface area (Å²) >= 11 is 0. The highest BCUT2D eigenvalue weighted by Crippen LogP contribution is 2.29. The minimum atomic E-state index is -0.599. The SMILES string of the molecule is Cc1cc(F)c(Nc2ncnc(OC(C)C)c2N)cc1F. The Morgan fingerprint density at radius 1 is 1.19 bits per heavy atom. The van der Waals surface area contributed by atoms with Gasteiger partial charge in [-0.05, 0) is 32.4 Å². The lowest BCUT2D eigenvalue weighted by Crippen LogP contribution is -2.11. The lowest BCUT2D eigenvalue weighted by molar-refractivity contribution is 0.234. The van der Waals surface area contributed by atoms with Crippen molar-refractivity contribution in [3.05, 3.63) is 35.7 Å². The van der Waals surface area contributed by atoms with Crippen molar-refractivity contribution in [3.8, 4) is 5.88 Å². The fourth-order valence-corrected chi connectivity index (χ4v) is 1.67. The highest BCUT2D eigenvalue weighted by atomic mass is 19.1. The predicted octanol–water partition coefficient (Wildman–Crippen LogP) is 3.18. The molecule has 0 atom stereocenters. The van der Waals surface area contributed by atoms with E-state index < -0.39 is 11.6 Å². The molecule has 0 aliphatic heterocycles. The topological polar surface area (TPSA) is 73.1 Å². The molecule has 21 heavy (non-hydrogen) atoms. The van der Waals surface area contributed by atoms with Gasteiger partial charge in [0.25, 0.3) is 0 Å². The molecule has 1 aromatic heterocycles. The number of halogens is 2. The third kappa shape index (κ3) is 3.36. The monoisotopic (exact) mass is 294 g/mol. The van der Waals surface area contributed by atoms with Crippen LogP contribution in [0, 0.1) is 18.6 Å². The summed E-state index contributed by atoms with van der Waals surface area (Å²) in [5, 5.41) is 2.65. The van der Waals surface area contributed by atoms with Crippen molar-refractivity contribution in [2.45, 2.75) is 26.9 Å². The van der Waals surface area contributed by atoms with E-state index in [1.165, 1.54) is 13.3 Å². The molecule has 0 bridgehead atoms. The number of hydrogen-bond acceptors (Lipinski definition) is 5. The number of hydrogen-bond donors (Lipinski definition) is 2. The molecule has 0 aliphatic rings. The summed E-state index contributed by atoms with van der Waals surface area (Å²) in [6, 6.07) is 2.15. The van der Waals surface area contributed by atoms with E-state index in [0.717, 1.165) is 12.1 Å². The summed E-state index contributed by atoms with van der Waals surface area (Å²) in [5.41, 5.74) is 6.16. The molecule has 3 N–H and O–H groups in total. The largest absolute Gasteiger partial charge is 0.473 e. The van der Waals surface area contributed by atoms with Crippen LogP contribution in [0.15, 0.2) is 18.5 Å². The van der Waals surface area contributed by atoms with Crippen molar-refractivity contribution in [1.82, 2.24) is 9.97 Å². The number of nitrogens with zero attached hydrogens (tertiary/aromatic N) is 2. The Hall–Kier alpha value is -2.44. The van der Waals surface area contributed by atoms with Gasteiger partial charge in [-0.15, -0.1) is 0 Å². The highest BCUT2D eigenvalue weighted by molar-refractivity contribution is 5.72. The number of rotatable bonds is 4. The van der Waals surface area contributed by atoms with Crippen molar-refractivity contribution < 1.29 is 13.5 Å². The van der Waals surface area contributed by atoms with Gasteiger partial charge in [-0.3, -0.25) is 0 Å². The van der Waals surface area contributed by atoms with Crippen LogP contribution >= 0.6 is 0 Å². The molecule has 0 fully saturated rings. The van der Waals surface area contributed by atoms with Crippen LogP contribution < -0.4 is 15.8 Å². The smallest absolute Gasteiger partial charge is 0.242 e. The summed E-state index contributed by atoms with van der Waals surface area (Å²) in [6.07, 6.45) is 1.11. The molecule has 1 heterocycles. The van der Waals surface area contributed by atoms with Gasteiger partial charge in [-0.1, -0.05) is 0 Å². The fourth-order valence-electron chi connectivity index (χ4n) is 1.67. The third-order valence-electron chi connectivity index (χ3n) is 2.70. The number of aryl methyl sites for hydroxylation is 1. The Bertz CT molecular complexity index is 662. The molecule has 0 radical (unpaired) electrons. The second-order valence-corrected chi connectivity index (χ2v) is 4.81. The fraction of sp³-hybridized carbons (Fsp3) is 0.286. The molecule has 0 amide bonds. The Morgan fingerprint density at radius 3 is 2.57 bits per heavy atom. The summed E-state index contributed by atoms with van der Waals surface area (Å²) in [4.78, 5) is 7.83. The van der Waals surface area contributed by atoms with Crippen molar-refractivity contribution in [2.75, 3.05) is 11.1 Å². The van der Waals surface area contributed by atoms with E-state index in [4.69, 9.17) is 10.5 Å². The zero-order valence-electron chi connectivity index (χ0n) is 11.9. The van der Waals surface area contributed by atoms with Gasteiger partial charge in [0.1, 0.15) is 23.6 Å². The number of aromatic nitrogens is 2. The Morgan fingerprint density at radius 2 is 1.90 bits per heavy atom. The second-order valence-electron chi connectivity index (χ2n) is 4.81. The maximum absolute atomic E-state index is 13.8. The number of nitrogens with one attached hydrogen (secondary N) is 1. The first-order valence-electron chi connectivity index (χ1n) is 6.38. The molecule has 0 spiro atoms. The number of nitrogens with two attached hydrogens (primary N) is 1. The molecule has 0 unspecified atom stereocenters. The van der Waals surface area contributed by atoms with Crippen LogP contribution in [0.5, 0.6) is 5.88 Å². The Balaban J connectivity index is 2.34. The van der Waals surface area contributed by atoms with E-state index in [1.54, 1.807) is 0 Å². The molecule has 7 heteroatoms. The van der Waals surface area contributed by atoms with Gasteiger partial charge in [-0.25, -0.2) is 13.8 Å². The molecule has 1 aromatic carbocycles. The number of nitrogen functional groups attached to an aromatic ring is 1. The molecule has 2 aromatic rings. The second kappa shape index (κ2) is 5.90. The summed E-state index contributed by atoms with van der Waals surface area (Å²) in [5.74, 6) is -0.776. The first kappa shape index (κ1) is 15.0. The molecule has 0 saturated heterocycles. The van der Waals surface area contributed by atoms with Gasteiger partial charge in [0, 0.05) is 6.07 Å². The Kier molecular flexibility index (Phi) is 4.21. The van der Waals surface area contributed by atoms with Crippen molar-refractivity contribution in [1.29, 1.82) is 0 Å². The zero-order valence-corrected chi connectivity index (χ0v) is 11.9. The van der Waals surface area contributed by atoms with Crippen LogP contribution in [0.4, 0.5) is 26.0 Å². The molecule has 112 valence electrons. The average molecular weight is 294 g/mol. The number of benzene rings is 1. The maximum Gasteiger partial charge on any atom is 0.242 e. The maximum atomic E-state index is 13.8. The van der Waals surface area contributed by atoms with Crippen LogP contribution in [-0.2, 0) is 0 Å². The number of anilines is 3. The van der Waals surface area contributed by atoms with Crippen LogP contribution in [0.3, 0.4) is 0 Å². The highest BCUT2D eigenvalue weighted by Gasteiger charge is 2.14. The van der Waals surface area contributed by atoms with Crippen LogP contribution in [-0.4, -0.2) is 16.1 Å². The zero-order chi connectivity index (χ0) is 15.6. The quantitative estimate of drug-likeness (QED) is 0.906. The summed E-state index contributed by atoms with van der Waals surface area (Å²) in [7, 11) is 0. The van der Waals surface area contributed by atoms with Crippen molar-refractivity contribution in [3.63, 3.8) is 0 Å². The summed E-state index contributed by atoms with van der Waals surface area (Å²) < 4.78 is 32.7. The van der Waals surface area contributed by atoms with E-state index in [1.807, 2.05) is 13.8 Å². The molecule has 5 nitrogen and oxygen atoms in total. The minimum absolute atomic E-state index is 0.0565. The Labute approximate surface area is 121 Å². The van der Waals surface area contributed by atoms with Crippen molar-refractivity contribution >= 4 is 17.2 Å². The third-order valence-corrected chi connectivity index (χ3v) is 2.70. The standard InChI is InChI=1S/C14H16F2N4O/c1-7(2)21-14-12(17)13(18-6-19-14)20-11-5-9(15)8(3)4-10(11)16/h4-7H,17H2,1-3H3,(H,18,19,20). The minimum Gasteiger partial charge on any atom is -0.473 e. The summed E-state index contributed by atoms with van der Waals surface area (Å²) in [6.45, 7) is 5.13. The molecular formula is C14H16F2N4O. The van der Waals surface area contributed by atoms with Gasteiger partial charge < -0.3 is 15.8 Å². The van der Waals surface area contributed by atoms with E-state index in [9.17, 15) is 8.78 Å². The molecule has 2 rings (SSSR count). The van der Waals surface area contributed by atoms with E-state index in [-0.39, 0.29) is 34.7 Å².